The van der Waals surface area contributed by atoms with E-state index in [0.29, 0.717) is 28.4 Å². The smallest absolute Gasteiger partial charge is 0.408 e. The van der Waals surface area contributed by atoms with Crippen LogP contribution in [0.15, 0.2) is 45.6 Å². The van der Waals surface area contributed by atoms with Crippen LogP contribution in [0.3, 0.4) is 0 Å². The minimum absolute atomic E-state index is 0.356. The van der Waals surface area contributed by atoms with Gasteiger partial charge in [0, 0.05) is 10.7 Å². The first-order valence-electron chi connectivity index (χ1n) is 6.18. The predicted molar refractivity (Wildman–Crippen MR) is 80.2 cm³/mol. The highest BCUT2D eigenvalue weighted by Gasteiger charge is 2.11. The van der Waals surface area contributed by atoms with E-state index in [1.807, 2.05) is 25.1 Å². The molecule has 0 atom stereocenters. The molecule has 1 aromatic heterocycles. The van der Waals surface area contributed by atoms with Gasteiger partial charge >= 0.3 is 5.76 Å². The highest BCUT2D eigenvalue weighted by atomic mass is 35.5. The third-order valence-corrected chi connectivity index (χ3v) is 3.58. The van der Waals surface area contributed by atoms with E-state index in [9.17, 15) is 4.79 Å². The van der Waals surface area contributed by atoms with Crippen LogP contribution in [-0.4, -0.2) is 4.57 Å². The molecule has 0 aliphatic rings. The molecule has 3 aromatic rings. The van der Waals surface area contributed by atoms with Crippen molar-refractivity contribution in [1.82, 2.24) is 4.57 Å². The summed E-state index contributed by atoms with van der Waals surface area (Å²) in [6.07, 6.45) is 0. The molecule has 4 nitrogen and oxygen atoms in total. The van der Waals surface area contributed by atoms with Crippen molar-refractivity contribution in [2.45, 2.75) is 13.5 Å². The quantitative estimate of drug-likeness (QED) is 0.737. The van der Waals surface area contributed by atoms with Gasteiger partial charge in [-0.05, 0) is 42.3 Å². The van der Waals surface area contributed by atoms with Gasteiger partial charge in [-0.2, -0.15) is 0 Å². The van der Waals surface area contributed by atoms with Gasteiger partial charge in [0.1, 0.15) is 0 Å². The monoisotopic (exact) mass is 288 g/mol. The maximum atomic E-state index is 11.9. The lowest BCUT2D eigenvalue weighted by Crippen LogP contribution is -2.15. The molecular weight excluding hydrogens is 276 g/mol. The number of nitrogen functional groups attached to an aromatic ring is 1. The summed E-state index contributed by atoms with van der Waals surface area (Å²) in [4.78, 5) is 11.9. The molecule has 102 valence electrons. The van der Waals surface area contributed by atoms with Gasteiger partial charge in [-0.1, -0.05) is 23.7 Å². The van der Waals surface area contributed by atoms with Crippen LogP contribution in [0.5, 0.6) is 0 Å². The summed E-state index contributed by atoms with van der Waals surface area (Å²) in [5.74, 6) is -0.415. The number of aryl methyl sites for hydroxylation is 1. The molecule has 2 aromatic carbocycles. The second-order valence-electron chi connectivity index (χ2n) is 4.78. The fourth-order valence-electron chi connectivity index (χ4n) is 2.18. The Balaban J connectivity index is 2.12. The van der Waals surface area contributed by atoms with E-state index in [1.165, 1.54) is 4.57 Å². The van der Waals surface area contributed by atoms with Crippen LogP contribution in [0.4, 0.5) is 5.69 Å². The third-order valence-electron chi connectivity index (χ3n) is 3.23. The lowest BCUT2D eigenvalue weighted by molar-refractivity contribution is 0.518. The van der Waals surface area contributed by atoms with Crippen molar-refractivity contribution in [3.63, 3.8) is 0 Å². The van der Waals surface area contributed by atoms with Gasteiger partial charge in [-0.3, -0.25) is 4.57 Å². The SMILES string of the molecule is Cc1ccc(Cn2c(=O)oc3ccc(N)cc32)c(Cl)c1. The number of anilines is 1. The number of benzene rings is 2. The van der Waals surface area contributed by atoms with E-state index in [2.05, 4.69) is 0 Å². The van der Waals surface area contributed by atoms with Crippen LogP contribution in [0.2, 0.25) is 5.02 Å². The molecule has 0 aliphatic heterocycles. The van der Waals surface area contributed by atoms with Crippen LogP contribution in [-0.2, 0) is 6.54 Å². The van der Waals surface area contributed by atoms with Crippen LogP contribution in [0, 0.1) is 6.92 Å². The number of hydrogen-bond donors (Lipinski definition) is 1. The summed E-state index contributed by atoms with van der Waals surface area (Å²) in [5.41, 5.74) is 9.48. The summed E-state index contributed by atoms with van der Waals surface area (Å²) in [7, 11) is 0. The Hall–Kier alpha value is -2.20. The first kappa shape index (κ1) is 12.8. The fraction of sp³-hybridized carbons (Fsp3) is 0.133. The number of hydrogen-bond acceptors (Lipinski definition) is 3. The first-order chi connectivity index (χ1) is 9.54. The standard InChI is InChI=1S/C15H13ClN2O2/c1-9-2-3-10(12(16)6-9)8-18-13-7-11(17)4-5-14(13)20-15(18)19/h2-7H,8,17H2,1H3. The molecule has 0 fully saturated rings. The van der Waals surface area contributed by atoms with E-state index in [0.717, 1.165) is 11.1 Å². The fourth-order valence-corrected chi connectivity index (χ4v) is 2.47. The number of aromatic nitrogens is 1. The molecule has 0 saturated heterocycles. The van der Waals surface area contributed by atoms with E-state index >= 15 is 0 Å². The lowest BCUT2D eigenvalue weighted by atomic mass is 10.1. The zero-order chi connectivity index (χ0) is 14.3. The lowest BCUT2D eigenvalue weighted by Gasteiger charge is -2.06. The van der Waals surface area contributed by atoms with E-state index in [-0.39, 0.29) is 0 Å². The molecule has 0 aliphatic carbocycles. The molecule has 0 saturated carbocycles. The number of rotatable bonds is 2. The number of nitrogens with two attached hydrogens (primary N) is 1. The summed E-state index contributed by atoms with van der Waals surface area (Å²) < 4.78 is 6.73. The molecule has 20 heavy (non-hydrogen) atoms. The maximum Gasteiger partial charge on any atom is 0.420 e. The van der Waals surface area contributed by atoms with Crippen LogP contribution in [0.25, 0.3) is 11.1 Å². The third kappa shape index (κ3) is 2.18. The minimum atomic E-state index is -0.415. The topological polar surface area (TPSA) is 61.2 Å². The molecule has 0 spiro atoms. The Labute approximate surface area is 120 Å². The largest absolute Gasteiger partial charge is 0.420 e. The Morgan fingerprint density at radius 1 is 1.25 bits per heavy atom. The van der Waals surface area contributed by atoms with Gasteiger partial charge in [0.05, 0.1) is 12.1 Å². The van der Waals surface area contributed by atoms with E-state index in [4.69, 9.17) is 21.8 Å². The molecular formula is C15H13ClN2O2. The second-order valence-corrected chi connectivity index (χ2v) is 5.18. The van der Waals surface area contributed by atoms with Crippen molar-refractivity contribution in [1.29, 1.82) is 0 Å². The van der Waals surface area contributed by atoms with Crippen LogP contribution >= 0.6 is 11.6 Å². The zero-order valence-electron chi connectivity index (χ0n) is 10.9. The first-order valence-corrected chi connectivity index (χ1v) is 6.56. The number of oxazole rings is 1. The molecule has 0 bridgehead atoms. The summed E-state index contributed by atoms with van der Waals surface area (Å²) in [6, 6.07) is 10.9. The van der Waals surface area contributed by atoms with Crippen molar-refractivity contribution in [3.05, 3.63) is 63.1 Å². The summed E-state index contributed by atoms with van der Waals surface area (Å²) in [5, 5.41) is 0.634. The normalized spacial score (nSPS) is 11.1. The van der Waals surface area contributed by atoms with E-state index in [1.54, 1.807) is 18.2 Å². The molecule has 1 heterocycles. The van der Waals surface area contributed by atoms with Gasteiger partial charge in [0.25, 0.3) is 0 Å². The van der Waals surface area contributed by atoms with Crippen molar-refractivity contribution in [3.8, 4) is 0 Å². The Morgan fingerprint density at radius 2 is 2.05 bits per heavy atom. The highest BCUT2D eigenvalue weighted by molar-refractivity contribution is 6.31. The van der Waals surface area contributed by atoms with Crippen molar-refractivity contribution in [2.75, 3.05) is 5.73 Å². The maximum absolute atomic E-state index is 11.9. The average Bonchev–Trinajstić information content (AvgIpc) is 2.69. The predicted octanol–water partition coefficient (Wildman–Crippen LogP) is 3.19. The zero-order valence-corrected chi connectivity index (χ0v) is 11.6. The van der Waals surface area contributed by atoms with E-state index < -0.39 is 5.76 Å². The number of nitrogens with zero attached hydrogens (tertiary/aromatic N) is 1. The number of halogens is 1. The molecule has 2 N–H and O–H groups in total. The summed E-state index contributed by atoms with van der Waals surface area (Å²) >= 11 is 6.21. The molecule has 0 unspecified atom stereocenters. The van der Waals surface area contributed by atoms with Crippen molar-refractivity contribution in [2.24, 2.45) is 0 Å². The summed E-state index contributed by atoms with van der Waals surface area (Å²) in [6.45, 7) is 2.32. The van der Waals surface area contributed by atoms with Crippen molar-refractivity contribution < 1.29 is 4.42 Å². The van der Waals surface area contributed by atoms with Gasteiger partial charge in [0.2, 0.25) is 0 Å². The highest BCUT2D eigenvalue weighted by Crippen LogP contribution is 2.21. The van der Waals surface area contributed by atoms with Gasteiger partial charge in [-0.15, -0.1) is 0 Å². The Kier molecular flexibility index (Phi) is 3.03. The minimum Gasteiger partial charge on any atom is -0.408 e. The number of fused-ring (bicyclic) bond motifs is 1. The van der Waals surface area contributed by atoms with Gasteiger partial charge in [0.15, 0.2) is 5.58 Å². The molecule has 0 radical (unpaired) electrons. The Morgan fingerprint density at radius 3 is 2.80 bits per heavy atom. The van der Waals surface area contributed by atoms with Crippen molar-refractivity contribution >= 4 is 28.4 Å². The molecule has 5 heteroatoms. The second kappa shape index (κ2) is 4.72. The average molecular weight is 289 g/mol. The van der Waals surface area contributed by atoms with Gasteiger partial charge in [-0.25, -0.2) is 4.79 Å². The molecule has 3 rings (SSSR count). The van der Waals surface area contributed by atoms with Crippen LogP contribution < -0.4 is 11.5 Å². The van der Waals surface area contributed by atoms with Gasteiger partial charge < -0.3 is 10.2 Å². The Bertz CT molecular complexity index is 849. The molecule has 0 amide bonds. The van der Waals surface area contributed by atoms with Crippen LogP contribution in [0.1, 0.15) is 11.1 Å².